The Balaban J connectivity index is 3.47. The topological polar surface area (TPSA) is 41.5 Å². The van der Waals surface area contributed by atoms with Crippen molar-refractivity contribution >= 4 is 23.5 Å². The minimum Gasteiger partial charge on any atom is -0.386 e. The van der Waals surface area contributed by atoms with Gasteiger partial charge < -0.3 is 5.32 Å². The van der Waals surface area contributed by atoms with Gasteiger partial charge >= 0.3 is 0 Å². The van der Waals surface area contributed by atoms with Gasteiger partial charge in [0.15, 0.2) is 0 Å². The Bertz CT molecular complexity index is 447. The van der Waals surface area contributed by atoms with Crippen LogP contribution in [0.2, 0.25) is 0 Å². The third-order valence-electron chi connectivity index (χ3n) is 2.22. The highest BCUT2D eigenvalue weighted by atomic mass is 16.3. The summed E-state index contributed by atoms with van der Waals surface area (Å²) < 4.78 is 0. The zero-order valence-electron chi connectivity index (χ0n) is 9.23. The van der Waals surface area contributed by atoms with Crippen molar-refractivity contribution in [3.05, 3.63) is 53.5 Å². The highest BCUT2D eigenvalue weighted by Crippen LogP contribution is 2.32. The van der Waals surface area contributed by atoms with E-state index in [4.69, 9.17) is 0 Å². The van der Waals surface area contributed by atoms with Crippen molar-refractivity contribution in [1.29, 1.82) is 0 Å². The van der Waals surface area contributed by atoms with Crippen LogP contribution in [0.5, 0.6) is 0 Å². The van der Waals surface area contributed by atoms with E-state index in [0.29, 0.717) is 11.4 Å². The molecule has 1 aromatic carbocycles. The van der Waals surface area contributed by atoms with Gasteiger partial charge in [0, 0.05) is 12.6 Å². The Hall–Kier alpha value is -2.16. The van der Waals surface area contributed by atoms with Gasteiger partial charge in [0.05, 0.1) is 5.69 Å². The minimum absolute atomic E-state index is 0.386. The standard InChI is InChI=1S/C13H14N2O/c1-4-6-7-11-10(5-2)8-9-12(15-16)13(11)14-3/h4-9,14H,1-2H2,3H3/b7-6-. The molecule has 0 bridgehead atoms. The van der Waals surface area contributed by atoms with Crippen LogP contribution in [0.1, 0.15) is 11.1 Å². The molecule has 0 fully saturated rings. The molecule has 0 spiro atoms. The molecule has 0 saturated heterocycles. The van der Waals surface area contributed by atoms with Crippen LogP contribution >= 0.6 is 0 Å². The second-order valence-corrected chi connectivity index (χ2v) is 3.10. The summed E-state index contributed by atoms with van der Waals surface area (Å²) in [5, 5.41) is 5.95. The molecule has 0 aliphatic heterocycles. The van der Waals surface area contributed by atoms with Gasteiger partial charge in [-0.15, -0.1) is 4.91 Å². The summed E-state index contributed by atoms with van der Waals surface area (Å²) in [6.45, 7) is 7.35. The summed E-state index contributed by atoms with van der Waals surface area (Å²) in [5.74, 6) is 0. The van der Waals surface area contributed by atoms with Crippen molar-refractivity contribution in [1.82, 2.24) is 0 Å². The molecule has 16 heavy (non-hydrogen) atoms. The lowest BCUT2D eigenvalue weighted by molar-refractivity contribution is 1.41. The molecule has 0 aliphatic carbocycles. The summed E-state index contributed by atoms with van der Waals surface area (Å²) in [4.78, 5) is 10.7. The number of nitroso groups, excluding NO2 is 1. The smallest absolute Gasteiger partial charge is 0.131 e. The first-order valence-corrected chi connectivity index (χ1v) is 4.88. The molecular weight excluding hydrogens is 200 g/mol. The highest BCUT2D eigenvalue weighted by molar-refractivity contribution is 5.83. The summed E-state index contributed by atoms with van der Waals surface area (Å²) >= 11 is 0. The molecule has 0 radical (unpaired) electrons. The number of nitrogens with one attached hydrogen (secondary N) is 1. The molecule has 82 valence electrons. The fraction of sp³-hybridized carbons (Fsp3) is 0.0769. The lowest BCUT2D eigenvalue weighted by Gasteiger charge is -2.10. The van der Waals surface area contributed by atoms with Crippen molar-refractivity contribution < 1.29 is 0 Å². The summed E-state index contributed by atoms with van der Waals surface area (Å²) in [6.07, 6.45) is 7.08. The van der Waals surface area contributed by atoms with Crippen molar-refractivity contribution in [3.8, 4) is 0 Å². The van der Waals surface area contributed by atoms with Crippen LogP contribution in [0.15, 0.2) is 42.6 Å². The predicted octanol–water partition coefficient (Wildman–Crippen LogP) is 3.97. The molecule has 0 heterocycles. The fourth-order valence-corrected chi connectivity index (χ4v) is 1.48. The number of hydrogen-bond donors (Lipinski definition) is 1. The van der Waals surface area contributed by atoms with Crippen molar-refractivity contribution in [3.63, 3.8) is 0 Å². The predicted molar refractivity (Wildman–Crippen MR) is 70.8 cm³/mol. The van der Waals surface area contributed by atoms with Gasteiger partial charge in [-0.2, -0.15) is 0 Å². The lowest BCUT2D eigenvalue weighted by atomic mass is 10.0. The third kappa shape index (κ3) is 2.25. The Morgan fingerprint density at radius 1 is 1.38 bits per heavy atom. The molecule has 0 unspecified atom stereocenters. The van der Waals surface area contributed by atoms with Crippen LogP contribution in [0.3, 0.4) is 0 Å². The van der Waals surface area contributed by atoms with E-state index in [1.807, 2.05) is 12.1 Å². The monoisotopic (exact) mass is 214 g/mol. The maximum atomic E-state index is 10.7. The van der Waals surface area contributed by atoms with Gasteiger partial charge in [0.2, 0.25) is 0 Å². The average molecular weight is 214 g/mol. The number of benzene rings is 1. The third-order valence-corrected chi connectivity index (χ3v) is 2.22. The van der Waals surface area contributed by atoms with Gasteiger partial charge in [0.25, 0.3) is 0 Å². The molecule has 3 nitrogen and oxygen atoms in total. The first-order valence-electron chi connectivity index (χ1n) is 4.88. The Morgan fingerprint density at radius 2 is 2.12 bits per heavy atom. The molecule has 1 aromatic rings. The van der Waals surface area contributed by atoms with Crippen LogP contribution < -0.4 is 5.32 Å². The molecule has 0 amide bonds. The number of anilines is 1. The summed E-state index contributed by atoms with van der Waals surface area (Å²) in [7, 11) is 1.75. The van der Waals surface area contributed by atoms with Crippen molar-refractivity contribution in [2.45, 2.75) is 0 Å². The Morgan fingerprint density at radius 3 is 2.62 bits per heavy atom. The summed E-state index contributed by atoms with van der Waals surface area (Å²) in [6, 6.07) is 3.48. The van der Waals surface area contributed by atoms with Crippen LogP contribution in [-0.2, 0) is 0 Å². The second kappa shape index (κ2) is 5.66. The zero-order valence-corrected chi connectivity index (χ0v) is 9.23. The largest absolute Gasteiger partial charge is 0.386 e. The van der Waals surface area contributed by atoms with E-state index in [2.05, 4.69) is 23.7 Å². The molecule has 0 saturated carbocycles. The van der Waals surface area contributed by atoms with E-state index in [0.717, 1.165) is 11.1 Å². The number of nitrogens with zero attached hydrogens (tertiary/aromatic N) is 1. The fourth-order valence-electron chi connectivity index (χ4n) is 1.48. The van der Waals surface area contributed by atoms with Crippen LogP contribution in [0, 0.1) is 4.91 Å². The van der Waals surface area contributed by atoms with Gasteiger partial charge in [-0.3, -0.25) is 0 Å². The average Bonchev–Trinajstić information content (AvgIpc) is 2.34. The van der Waals surface area contributed by atoms with E-state index in [1.54, 1.807) is 31.3 Å². The number of rotatable bonds is 5. The molecule has 0 aromatic heterocycles. The van der Waals surface area contributed by atoms with Crippen LogP contribution in [-0.4, -0.2) is 7.05 Å². The van der Waals surface area contributed by atoms with Gasteiger partial charge in [-0.05, 0) is 16.8 Å². The van der Waals surface area contributed by atoms with E-state index in [9.17, 15) is 4.91 Å². The first-order chi connectivity index (χ1) is 7.78. The van der Waals surface area contributed by atoms with Gasteiger partial charge in [0.1, 0.15) is 5.69 Å². The molecule has 1 rings (SSSR count). The molecule has 3 heteroatoms. The highest BCUT2D eigenvalue weighted by Gasteiger charge is 2.08. The Labute approximate surface area is 95.2 Å². The zero-order chi connectivity index (χ0) is 12.0. The normalized spacial score (nSPS) is 10.1. The second-order valence-electron chi connectivity index (χ2n) is 3.10. The molecule has 0 atom stereocenters. The number of allylic oxidation sites excluding steroid dienone is 2. The molecule has 0 aliphatic rings. The van der Waals surface area contributed by atoms with Crippen LogP contribution in [0.4, 0.5) is 11.4 Å². The first kappa shape index (κ1) is 11.9. The maximum Gasteiger partial charge on any atom is 0.131 e. The summed E-state index contributed by atoms with van der Waals surface area (Å²) in [5.41, 5.74) is 2.91. The van der Waals surface area contributed by atoms with E-state index in [-0.39, 0.29) is 0 Å². The van der Waals surface area contributed by atoms with Crippen LogP contribution in [0.25, 0.3) is 12.2 Å². The van der Waals surface area contributed by atoms with Gasteiger partial charge in [-0.1, -0.05) is 43.5 Å². The maximum absolute atomic E-state index is 10.7. The van der Waals surface area contributed by atoms with Crippen molar-refractivity contribution in [2.24, 2.45) is 5.18 Å². The minimum atomic E-state index is 0.386. The van der Waals surface area contributed by atoms with Gasteiger partial charge in [-0.25, -0.2) is 0 Å². The quantitative estimate of drug-likeness (QED) is 0.595. The SMILES string of the molecule is C=C/C=C\c1c(C=C)ccc(N=O)c1NC. The van der Waals surface area contributed by atoms with E-state index < -0.39 is 0 Å². The van der Waals surface area contributed by atoms with E-state index in [1.165, 1.54) is 0 Å². The Kier molecular flexibility index (Phi) is 4.21. The molecular formula is C13H14N2O. The lowest BCUT2D eigenvalue weighted by Crippen LogP contribution is -1.94. The van der Waals surface area contributed by atoms with E-state index >= 15 is 0 Å². The van der Waals surface area contributed by atoms with Crippen molar-refractivity contribution in [2.75, 3.05) is 12.4 Å². The molecule has 1 N–H and O–H groups in total. The number of hydrogen-bond acceptors (Lipinski definition) is 3.